The second-order valence-corrected chi connectivity index (χ2v) is 6.12. The average Bonchev–Trinajstić information content (AvgIpc) is 2.47. The molecule has 0 saturated carbocycles. The van der Waals surface area contributed by atoms with Crippen molar-refractivity contribution in [3.63, 3.8) is 0 Å². The number of hydrogen-bond donors (Lipinski definition) is 0. The first-order valence-electron chi connectivity index (χ1n) is 6.08. The Hall–Kier alpha value is -1.26. The van der Waals surface area contributed by atoms with Crippen molar-refractivity contribution in [3.8, 4) is 11.5 Å². The number of fused-ring (bicyclic) bond motifs is 3. The summed E-state index contributed by atoms with van der Waals surface area (Å²) in [5.74, 6) is 1.72. The molecule has 0 radical (unpaired) electrons. The third-order valence-electron chi connectivity index (χ3n) is 3.42. The van der Waals surface area contributed by atoms with E-state index in [0.29, 0.717) is 0 Å². The Kier molecular flexibility index (Phi) is 3.61. The van der Waals surface area contributed by atoms with E-state index in [-0.39, 0.29) is 0 Å². The summed E-state index contributed by atoms with van der Waals surface area (Å²) in [6.45, 7) is 0. The molecule has 0 heterocycles. The van der Waals surface area contributed by atoms with E-state index in [2.05, 4.69) is 44.0 Å². The number of rotatable bonds is 2. The number of ether oxygens (including phenoxy) is 2. The fourth-order valence-corrected chi connectivity index (χ4v) is 3.60. The van der Waals surface area contributed by atoms with Gasteiger partial charge in [0.15, 0.2) is 0 Å². The molecule has 20 heavy (non-hydrogen) atoms. The molecule has 3 rings (SSSR count). The second-order valence-electron chi connectivity index (χ2n) is 4.41. The molecule has 3 aromatic carbocycles. The van der Waals surface area contributed by atoms with Crippen molar-refractivity contribution in [2.75, 3.05) is 14.2 Å². The normalized spacial score (nSPS) is 11.0. The zero-order valence-corrected chi connectivity index (χ0v) is 14.2. The van der Waals surface area contributed by atoms with Gasteiger partial charge in [-0.3, -0.25) is 0 Å². The van der Waals surface area contributed by atoms with E-state index in [1.54, 1.807) is 14.2 Å². The molecule has 0 atom stereocenters. The van der Waals surface area contributed by atoms with Crippen molar-refractivity contribution in [1.82, 2.24) is 0 Å². The van der Waals surface area contributed by atoms with E-state index in [4.69, 9.17) is 9.47 Å². The van der Waals surface area contributed by atoms with Gasteiger partial charge in [-0.15, -0.1) is 0 Å². The van der Waals surface area contributed by atoms with Crippen LogP contribution in [-0.2, 0) is 0 Å². The van der Waals surface area contributed by atoms with Crippen molar-refractivity contribution in [3.05, 3.63) is 45.3 Å². The predicted octanol–water partition coefficient (Wildman–Crippen LogP) is 5.54. The quantitative estimate of drug-likeness (QED) is 0.530. The minimum Gasteiger partial charge on any atom is -0.496 e. The van der Waals surface area contributed by atoms with E-state index in [1.807, 2.05) is 24.3 Å². The lowest BCUT2D eigenvalue weighted by Gasteiger charge is -2.13. The fraction of sp³-hybridized carbons (Fsp3) is 0.125. The van der Waals surface area contributed by atoms with Crippen LogP contribution >= 0.6 is 31.9 Å². The van der Waals surface area contributed by atoms with Gasteiger partial charge in [-0.05, 0) is 36.4 Å². The van der Waals surface area contributed by atoms with Crippen molar-refractivity contribution < 1.29 is 9.47 Å². The largest absolute Gasteiger partial charge is 0.496 e. The topological polar surface area (TPSA) is 18.5 Å². The summed E-state index contributed by atoms with van der Waals surface area (Å²) < 4.78 is 13.0. The van der Waals surface area contributed by atoms with Crippen LogP contribution < -0.4 is 9.47 Å². The maximum Gasteiger partial charge on any atom is 0.126 e. The van der Waals surface area contributed by atoms with E-state index in [1.165, 1.54) is 0 Å². The van der Waals surface area contributed by atoms with Crippen molar-refractivity contribution in [1.29, 1.82) is 0 Å². The van der Waals surface area contributed by atoms with Crippen LogP contribution in [0.25, 0.3) is 21.5 Å². The Morgan fingerprint density at radius 1 is 0.650 bits per heavy atom. The van der Waals surface area contributed by atoms with Gasteiger partial charge in [0.05, 0.1) is 14.2 Å². The summed E-state index contributed by atoms with van der Waals surface area (Å²) in [6, 6.07) is 12.1. The van der Waals surface area contributed by atoms with Gasteiger partial charge in [0.1, 0.15) is 11.5 Å². The molecule has 102 valence electrons. The number of methoxy groups -OCH3 is 2. The molecule has 0 saturated heterocycles. The molecule has 3 aromatic rings. The van der Waals surface area contributed by atoms with Gasteiger partial charge in [0.2, 0.25) is 0 Å². The highest BCUT2D eigenvalue weighted by Gasteiger charge is 2.13. The van der Waals surface area contributed by atoms with Crippen molar-refractivity contribution >= 4 is 53.4 Å². The summed E-state index contributed by atoms with van der Waals surface area (Å²) in [7, 11) is 3.38. The maximum absolute atomic E-state index is 5.46. The highest BCUT2D eigenvalue weighted by molar-refractivity contribution is 9.11. The molecule has 0 unspecified atom stereocenters. The Labute approximate surface area is 133 Å². The van der Waals surface area contributed by atoms with Crippen LogP contribution in [0.4, 0.5) is 0 Å². The molecule has 0 spiro atoms. The van der Waals surface area contributed by atoms with Gasteiger partial charge in [0, 0.05) is 30.5 Å². The lowest BCUT2D eigenvalue weighted by atomic mass is 10.0. The van der Waals surface area contributed by atoms with Crippen molar-refractivity contribution in [2.24, 2.45) is 0 Å². The Morgan fingerprint density at radius 2 is 1.05 bits per heavy atom. The first kappa shape index (κ1) is 13.7. The van der Waals surface area contributed by atoms with Crippen molar-refractivity contribution in [2.45, 2.75) is 0 Å². The SMILES string of the molecule is COc1ccc(Br)c2c1ccc1c(OC)ccc(Br)c12. The molecule has 0 aromatic heterocycles. The molecular weight excluding hydrogens is 384 g/mol. The Bertz CT molecular complexity index is 744. The van der Waals surface area contributed by atoms with Gasteiger partial charge < -0.3 is 9.47 Å². The molecule has 0 aliphatic heterocycles. The highest BCUT2D eigenvalue weighted by atomic mass is 79.9. The highest BCUT2D eigenvalue weighted by Crippen LogP contribution is 2.42. The molecule has 0 aliphatic rings. The summed E-state index contributed by atoms with van der Waals surface area (Å²) in [5, 5.41) is 4.38. The first-order valence-corrected chi connectivity index (χ1v) is 7.67. The molecule has 4 heteroatoms. The van der Waals surface area contributed by atoms with E-state index in [9.17, 15) is 0 Å². The van der Waals surface area contributed by atoms with Crippen LogP contribution in [-0.4, -0.2) is 14.2 Å². The molecule has 0 amide bonds. The monoisotopic (exact) mass is 394 g/mol. The summed E-state index contributed by atoms with van der Waals surface area (Å²) >= 11 is 7.29. The van der Waals surface area contributed by atoms with Gasteiger partial charge in [-0.25, -0.2) is 0 Å². The molecule has 0 aliphatic carbocycles. The van der Waals surface area contributed by atoms with Crippen LogP contribution in [0.5, 0.6) is 11.5 Å². The molecular formula is C16H12Br2O2. The molecule has 0 N–H and O–H groups in total. The summed E-state index contributed by atoms with van der Waals surface area (Å²) in [5.41, 5.74) is 0. The lowest BCUT2D eigenvalue weighted by Crippen LogP contribution is -1.90. The second kappa shape index (κ2) is 5.26. The number of benzene rings is 3. The smallest absolute Gasteiger partial charge is 0.126 e. The zero-order chi connectivity index (χ0) is 14.3. The van der Waals surface area contributed by atoms with Crippen LogP contribution in [0.15, 0.2) is 45.3 Å². The fourth-order valence-electron chi connectivity index (χ4n) is 2.51. The van der Waals surface area contributed by atoms with Gasteiger partial charge >= 0.3 is 0 Å². The van der Waals surface area contributed by atoms with Gasteiger partial charge in [0.25, 0.3) is 0 Å². The zero-order valence-electron chi connectivity index (χ0n) is 11.0. The summed E-state index contributed by atoms with van der Waals surface area (Å²) in [6.07, 6.45) is 0. The van der Waals surface area contributed by atoms with Crippen LogP contribution in [0.3, 0.4) is 0 Å². The minimum atomic E-state index is 0.861. The predicted molar refractivity (Wildman–Crippen MR) is 90.0 cm³/mol. The maximum atomic E-state index is 5.46. The van der Waals surface area contributed by atoms with Crippen LogP contribution in [0, 0.1) is 0 Å². The van der Waals surface area contributed by atoms with E-state index >= 15 is 0 Å². The van der Waals surface area contributed by atoms with E-state index < -0.39 is 0 Å². The third-order valence-corrected chi connectivity index (χ3v) is 4.74. The minimum absolute atomic E-state index is 0.861. The molecule has 0 bridgehead atoms. The number of hydrogen-bond acceptors (Lipinski definition) is 2. The summed E-state index contributed by atoms with van der Waals surface area (Å²) in [4.78, 5) is 0. The Balaban J connectivity index is 2.59. The number of halogens is 2. The Morgan fingerprint density at radius 3 is 1.40 bits per heavy atom. The third kappa shape index (κ3) is 1.98. The average molecular weight is 396 g/mol. The van der Waals surface area contributed by atoms with Gasteiger partial charge in [-0.1, -0.05) is 31.9 Å². The van der Waals surface area contributed by atoms with E-state index in [0.717, 1.165) is 42.0 Å². The standard InChI is InChI=1S/C16H12Br2O2/c1-19-13-7-5-11(17)15-9(13)3-4-10-14(20-2)8-6-12(18)16(10)15/h3-8H,1-2H3. The lowest BCUT2D eigenvalue weighted by molar-refractivity contribution is 0.419. The van der Waals surface area contributed by atoms with Crippen LogP contribution in [0.2, 0.25) is 0 Å². The molecule has 2 nitrogen and oxygen atoms in total. The first-order chi connectivity index (χ1) is 9.67. The van der Waals surface area contributed by atoms with Crippen LogP contribution in [0.1, 0.15) is 0 Å². The van der Waals surface area contributed by atoms with Gasteiger partial charge in [-0.2, -0.15) is 0 Å². The molecule has 0 fully saturated rings.